The topological polar surface area (TPSA) is 74.6 Å². The lowest BCUT2D eigenvalue weighted by atomic mass is 9.88. The fourth-order valence-corrected chi connectivity index (χ4v) is 4.99. The molecule has 2 aliphatic heterocycles. The molecule has 1 aliphatic carbocycles. The molecule has 3 heterocycles. The minimum absolute atomic E-state index is 0. The van der Waals surface area contributed by atoms with Crippen LogP contribution in [0.15, 0.2) is 17.1 Å². The van der Waals surface area contributed by atoms with Crippen LogP contribution in [0, 0.1) is 23.5 Å². The number of rotatable bonds is 3. The summed E-state index contributed by atoms with van der Waals surface area (Å²) in [7, 11) is 0. The summed E-state index contributed by atoms with van der Waals surface area (Å²) in [5, 5.41) is 12.6. The molecule has 3 unspecified atom stereocenters. The molecule has 3 aliphatic rings. The molecule has 3 atom stereocenters. The molecule has 2 N–H and O–H groups in total. The second-order valence-electron chi connectivity index (χ2n) is 8.75. The van der Waals surface area contributed by atoms with Gasteiger partial charge in [0.05, 0.1) is 10.9 Å². The van der Waals surface area contributed by atoms with Crippen molar-refractivity contribution in [2.45, 2.75) is 38.3 Å². The number of aromatic carboxylic acids is 1. The highest BCUT2D eigenvalue weighted by Crippen LogP contribution is 2.41. The molecule has 0 amide bonds. The Kier molecular flexibility index (Phi) is 5.26. The molecule has 3 fully saturated rings. The number of piperidine rings is 1. The Morgan fingerprint density at radius 2 is 2.00 bits per heavy atom. The van der Waals surface area contributed by atoms with Crippen molar-refractivity contribution >= 4 is 35.0 Å². The molecule has 0 bridgehead atoms. The second kappa shape index (κ2) is 7.50. The lowest BCUT2D eigenvalue weighted by molar-refractivity contribution is 0.0694. The molecule has 9 heteroatoms. The zero-order valence-corrected chi connectivity index (χ0v) is 17.3. The van der Waals surface area contributed by atoms with Crippen molar-refractivity contribution in [2.75, 3.05) is 24.5 Å². The van der Waals surface area contributed by atoms with Gasteiger partial charge in [-0.1, -0.05) is 6.92 Å². The lowest BCUT2D eigenvalue weighted by Gasteiger charge is -2.29. The number of nitrogens with one attached hydrogen (secondary N) is 1. The van der Waals surface area contributed by atoms with Crippen LogP contribution in [0.5, 0.6) is 0 Å². The van der Waals surface area contributed by atoms with Crippen molar-refractivity contribution in [2.24, 2.45) is 11.8 Å². The third-order valence-electron chi connectivity index (χ3n) is 6.55. The largest absolute Gasteiger partial charge is 0.477 e. The van der Waals surface area contributed by atoms with Gasteiger partial charge < -0.3 is 19.9 Å². The van der Waals surface area contributed by atoms with Gasteiger partial charge in [-0.25, -0.2) is 13.6 Å². The Bertz CT molecular complexity index is 1090. The quantitative estimate of drug-likeness (QED) is 0.768. The maximum atomic E-state index is 15.7. The first-order valence-corrected chi connectivity index (χ1v) is 10.1. The minimum Gasteiger partial charge on any atom is -0.477 e. The first-order chi connectivity index (χ1) is 13.8. The number of benzene rings is 1. The van der Waals surface area contributed by atoms with Gasteiger partial charge in [-0.2, -0.15) is 0 Å². The van der Waals surface area contributed by atoms with Crippen molar-refractivity contribution in [3.63, 3.8) is 0 Å². The van der Waals surface area contributed by atoms with Crippen LogP contribution in [0.4, 0.5) is 14.5 Å². The molecule has 6 nitrogen and oxygen atoms in total. The van der Waals surface area contributed by atoms with Gasteiger partial charge in [0.25, 0.3) is 0 Å². The summed E-state index contributed by atoms with van der Waals surface area (Å²) in [5.41, 5.74) is -1.41. The Morgan fingerprint density at radius 1 is 1.27 bits per heavy atom. The van der Waals surface area contributed by atoms with E-state index in [1.807, 2.05) is 0 Å². The Balaban J connectivity index is 0.00000218. The molecule has 0 spiro atoms. The molecule has 162 valence electrons. The van der Waals surface area contributed by atoms with Crippen LogP contribution in [-0.2, 0) is 0 Å². The maximum absolute atomic E-state index is 15.7. The number of aromatic nitrogens is 1. The average molecular weight is 440 g/mol. The van der Waals surface area contributed by atoms with Crippen LogP contribution in [0.2, 0.25) is 0 Å². The van der Waals surface area contributed by atoms with Gasteiger partial charge in [0.15, 0.2) is 5.82 Å². The third kappa shape index (κ3) is 3.26. The number of fused-ring (bicyclic) bond motifs is 2. The summed E-state index contributed by atoms with van der Waals surface area (Å²) >= 11 is 0. The van der Waals surface area contributed by atoms with E-state index in [9.17, 15) is 14.7 Å². The molecule has 2 saturated heterocycles. The fraction of sp³-hybridized carbons (Fsp3) is 0.524. The Morgan fingerprint density at radius 3 is 2.67 bits per heavy atom. The number of carboxylic acids is 1. The lowest BCUT2D eigenvalue weighted by Crippen LogP contribution is -2.44. The summed E-state index contributed by atoms with van der Waals surface area (Å²) in [6, 6.07) is 1.15. The number of nitrogens with zero attached hydrogens (tertiary/aromatic N) is 2. The van der Waals surface area contributed by atoms with E-state index in [2.05, 4.69) is 12.2 Å². The number of halogens is 3. The van der Waals surface area contributed by atoms with Crippen molar-refractivity contribution < 1.29 is 18.7 Å². The highest BCUT2D eigenvalue weighted by Gasteiger charge is 2.39. The van der Waals surface area contributed by atoms with Gasteiger partial charge in [0, 0.05) is 31.4 Å². The molecule has 1 aromatic heterocycles. The molecular formula is C21H24ClF2N3O3. The van der Waals surface area contributed by atoms with E-state index in [1.165, 1.54) is 10.8 Å². The standard InChI is InChI=1S/C21H23F2N3O3.ClH/c1-10-4-11-7-25(9-16(11)24-6-10)19-15(22)5-13-18(17(19)23)26(12-2-3-12)8-14(20(13)27)21(28)29;/h5,8,10-12,16,24H,2-4,6-7,9H2,1H3,(H,28,29);1H. The SMILES string of the molecule is CC1CNC2CN(c3c(F)cc4c(=O)c(C(=O)O)cn(C5CC5)c4c3F)CC2C1.Cl. The Labute approximate surface area is 178 Å². The monoisotopic (exact) mass is 439 g/mol. The van der Waals surface area contributed by atoms with E-state index in [0.717, 1.165) is 31.9 Å². The summed E-state index contributed by atoms with van der Waals surface area (Å²) in [5.74, 6) is -2.12. The summed E-state index contributed by atoms with van der Waals surface area (Å²) in [6.07, 6.45) is 3.78. The smallest absolute Gasteiger partial charge is 0.341 e. The molecule has 0 radical (unpaired) electrons. The van der Waals surface area contributed by atoms with Gasteiger partial charge >= 0.3 is 5.97 Å². The number of carboxylic acid groups (broad SMARTS) is 1. The molecule has 1 aromatic carbocycles. The van der Waals surface area contributed by atoms with Crippen molar-refractivity contribution in [3.8, 4) is 0 Å². The number of carbonyl (C=O) groups is 1. The number of pyridine rings is 1. The zero-order chi connectivity index (χ0) is 20.4. The third-order valence-corrected chi connectivity index (χ3v) is 6.55. The molecule has 1 saturated carbocycles. The Hall–Kier alpha value is -2.19. The van der Waals surface area contributed by atoms with E-state index < -0.39 is 28.6 Å². The van der Waals surface area contributed by atoms with Crippen molar-refractivity contribution in [1.82, 2.24) is 9.88 Å². The number of anilines is 1. The molecular weight excluding hydrogens is 416 g/mol. The molecule has 30 heavy (non-hydrogen) atoms. The van der Waals surface area contributed by atoms with Gasteiger partial charge in [-0.3, -0.25) is 4.79 Å². The second-order valence-corrected chi connectivity index (χ2v) is 8.75. The summed E-state index contributed by atoms with van der Waals surface area (Å²) in [6.45, 7) is 4.13. The number of hydrogen-bond donors (Lipinski definition) is 2. The van der Waals surface area contributed by atoms with E-state index in [-0.39, 0.29) is 41.1 Å². The van der Waals surface area contributed by atoms with Crippen LogP contribution in [0.1, 0.15) is 42.6 Å². The van der Waals surface area contributed by atoms with Crippen LogP contribution in [0.3, 0.4) is 0 Å². The first-order valence-electron chi connectivity index (χ1n) is 10.1. The minimum atomic E-state index is -1.39. The van der Waals surface area contributed by atoms with E-state index in [0.29, 0.717) is 24.9 Å². The van der Waals surface area contributed by atoms with E-state index >= 15 is 8.78 Å². The van der Waals surface area contributed by atoms with E-state index in [1.54, 1.807) is 4.90 Å². The van der Waals surface area contributed by atoms with Gasteiger partial charge in [-0.15, -0.1) is 12.4 Å². The summed E-state index contributed by atoms with van der Waals surface area (Å²) in [4.78, 5) is 25.8. The average Bonchev–Trinajstić information content (AvgIpc) is 3.42. The van der Waals surface area contributed by atoms with Crippen LogP contribution < -0.4 is 15.6 Å². The van der Waals surface area contributed by atoms with Gasteiger partial charge in [0.1, 0.15) is 17.1 Å². The normalized spacial score (nSPS) is 25.8. The van der Waals surface area contributed by atoms with Gasteiger partial charge in [-0.05, 0) is 43.7 Å². The van der Waals surface area contributed by atoms with Crippen LogP contribution >= 0.6 is 12.4 Å². The highest BCUT2D eigenvalue weighted by atomic mass is 35.5. The molecule has 2 aromatic rings. The maximum Gasteiger partial charge on any atom is 0.341 e. The van der Waals surface area contributed by atoms with Crippen molar-refractivity contribution in [1.29, 1.82) is 0 Å². The predicted octanol–water partition coefficient (Wildman–Crippen LogP) is 3.17. The molecule has 5 rings (SSSR count). The highest BCUT2D eigenvalue weighted by molar-refractivity contribution is 5.94. The van der Waals surface area contributed by atoms with Crippen LogP contribution in [0.25, 0.3) is 10.9 Å². The summed E-state index contributed by atoms with van der Waals surface area (Å²) < 4.78 is 32.3. The predicted molar refractivity (Wildman–Crippen MR) is 112 cm³/mol. The first kappa shape index (κ1) is 21.1. The van der Waals surface area contributed by atoms with Crippen LogP contribution in [-0.4, -0.2) is 41.3 Å². The van der Waals surface area contributed by atoms with E-state index in [4.69, 9.17) is 0 Å². The van der Waals surface area contributed by atoms with Crippen molar-refractivity contribution in [3.05, 3.63) is 39.7 Å². The zero-order valence-electron chi connectivity index (χ0n) is 16.5. The van der Waals surface area contributed by atoms with Gasteiger partial charge in [0.2, 0.25) is 5.43 Å². The number of hydrogen-bond acceptors (Lipinski definition) is 4. The fourth-order valence-electron chi connectivity index (χ4n) is 4.99.